The van der Waals surface area contributed by atoms with E-state index in [1.54, 1.807) is 23.9 Å². The quantitative estimate of drug-likeness (QED) is 0.590. The van der Waals surface area contributed by atoms with E-state index in [4.69, 9.17) is 0 Å². The third-order valence-electron chi connectivity index (χ3n) is 5.14. The van der Waals surface area contributed by atoms with Gasteiger partial charge in [-0.1, -0.05) is 66.7 Å². The van der Waals surface area contributed by atoms with Crippen LogP contribution in [0.4, 0.5) is 0 Å². The van der Waals surface area contributed by atoms with E-state index in [0.29, 0.717) is 0 Å². The van der Waals surface area contributed by atoms with Crippen LogP contribution in [0.1, 0.15) is 5.56 Å². The Bertz CT molecular complexity index is 1310. The highest BCUT2D eigenvalue weighted by atomic mass is 31.2. The molecule has 4 rings (SSSR count). The first-order valence-corrected chi connectivity index (χ1v) is 10.6. The van der Waals surface area contributed by atoms with Gasteiger partial charge in [-0.15, -0.1) is 0 Å². The Balaban J connectivity index is 2.00. The lowest BCUT2D eigenvalue weighted by atomic mass is 9.84. The molecule has 0 N–H and O–H groups in total. The minimum Gasteiger partial charge on any atom is -0.233 e. The maximum absolute atomic E-state index is 12.4. The zero-order valence-electron chi connectivity index (χ0n) is 15.1. The van der Waals surface area contributed by atoms with Gasteiger partial charge in [-0.2, -0.15) is 0 Å². The standard InChI is InChI=1S/C24H13O4P/c25-13-18-11-12-20(22(15-27)21(18)14-26)24-23(17-7-3-1-4-8-17)29(24,16-28)19-9-5-2-6-10-19/h1-12,20H. The van der Waals surface area contributed by atoms with E-state index in [9.17, 15) is 19.2 Å². The molecule has 0 amide bonds. The Labute approximate surface area is 166 Å². The van der Waals surface area contributed by atoms with Crippen molar-refractivity contribution in [2.24, 2.45) is 5.92 Å². The largest absolute Gasteiger partial charge is 0.233 e. The highest BCUT2D eigenvalue weighted by Gasteiger charge is 2.52. The van der Waals surface area contributed by atoms with Crippen molar-refractivity contribution in [2.45, 2.75) is 0 Å². The fourth-order valence-corrected chi connectivity index (χ4v) is 7.55. The molecule has 138 valence electrons. The number of carbonyl (C=O) groups excluding carboxylic acids is 4. The van der Waals surface area contributed by atoms with Crippen LogP contribution in [0, 0.1) is 5.92 Å². The van der Waals surface area contributed by atoms with E-state index in [1.165, 1.54) is 6.08 Å². The Morgan fingerprint density at radius 3 is 1.97 bits per heavy atom. The molecule has 0 saturated heterocycles. The summed E-state index contributed by atoms with van der Waals surface area (Å²) >= 11 is 0. The van der Waals surface area contributed by atoms with Crippen molar-refractivity contribution >= 4 is 41.0 Å². The van der Waals surface area contributed by atoms with Crippen molar-refractivity contribution < 1.29 is 19.2 Å². The number of hydrogen-bond acceptors (Lipinski definition) is 4. The van der Waals surface area contributed by atoms with Crippen molar-refractivity contribution in [1.29, 1.82) is 0 Å². The molecule has 1 aliphatic carbocycles. The van der Waals surface area contributed by atoms with Crippen LogP contribution in [-0.2, 0) is 19.2 Å². The Hall–Kier alpha value is -3.72. The number of hydrogen-bond donors (Lipinski definition) is 0. The summed E-state index contributed by atoms with van der Waals surface area (Å²) in [7, 11) is 0. The van der Waals surface area contributed by atoms with Crippen LogP contribution in [0.2, 0.25) is 0 Å². The topological polar surface area (TPSA) is 68.3 Å². The fraction of sp³-hybridized carbons (Fsp3) is 0.0417. The zero-order valence-corrected chi connectivity index (χ0v) is 16.0. The van der Waals surface area contributed by atoms with Crippen LogP contribution in [0.15, 0.2) is 94.8 Å². The third-order valence-corrected chi connectivity index (χ3v) is 8.66. The van der Waals surface area contributed by atoms with Crippen molar-refractivity contribution in [3.05, 3.63) is 100 Å². The molecule has 0 spiro atoms. The van der Waals surface area contributed by atoms with Crippen LogP contribution in [0.25, 0.3) is 5.31 Å². The van der Waals surface area contributed by atoms with Crippen molar-refractivity contribution in [3.8, 4) is 0 Å². The predicted octanol–water partition coefficient (Wildman–Crippen LogP) is 3.24. The summed E-state index contributed by atoms with van der Waals surface area (Å²) in [5.41, 5.74) is 2.95. The molecule has 0 bridgehead atoms. The highest BCUT2D eigenvalue weighted by Crippen LogP contribution is 2.83. The summed E-state index contributed by atoms with van der Waals surface area (Å²) in [4.78, 5) is 46.8. The molecule has 5 heteroatoms. The summed E-state index contributed by atoms with van der Waals surface area (Å²) in [5, 5.41) is 2.42. The second-order valence-electron chi connectivity index (χ2n) is 6.54. The summed E-state index contributed by atoms with van der Waals surface area (Å²) in [6, 6.07) is 18.8. The van der Waals surface area contributed by atoms with Gasteiger partial charge >= 0.3 is 0 Å². The predicted molar refractivity (Wildman–Crippen MR) is 112 cm³/mol. The molecule has 0 aromatic heterocycles. The summed E-state index contributed by atoms with van der Waals surface area (Å²) < 4.78 is 0. The maximum atomic E-state index is 12.4. The first kappa shape index (κ1) is 18.6. The Morgan fingerprint density at radius 2 is 1.41 bits per heavy atom. The molecule has 2 aromatic carbocycles. The summed E-state index contributed by atoms with van der Waals surface area (Å²) in [5.74, 6) is 4.47. The molecule has 2 aliphatic rings. The van der Waals surface area contributed by atoms with Gasteiger partial charge in [0.25, 0.3) is 0 Å². The molecule has 2 unspecified atom stereocenters. The van der Waals surface area contributed by atoms with Gasteiger partial charge in [-0.3, -0.25) is 0 Å². The molecular weight excluding hydrogens is 383 g/mol. The minimum atomic E-state index is -2.63. The lowest BCUT2D eigenvalue weighted by Crippen LogP contribution is -2.12. The third kappa shape index (κ3) is 2.74. The average molecular weight is 396 g/mol. The van der Waals surface area contributed by atoms with Crippen LogP contribution in [-0.4, -0.2) is 23.5 Å². The van der Waals surface area contributed by atoms with Gasteiger partial charge in [0, 0.05) is 11.2 Å². The first-order valence-electron chi connectivity index (χ1n) is 8.81. The van der Waals surface area contributed by atoms with Gasteiger partial charge in [-0.05, 0) is 22.3 Å². The van der Waals surface area contributed by atoms with Gasteiger partial charge in [0.15, 0.2) is 0 Å². The number of allylic oxidation sites excluding steroid dienone is 6. The summed E-state index contributed by atoms with van der Waals surface area (Å²) in [6.07, 6.45) is 3.08. The van der Waals surface area contributed by atoms with Gasteiger partial charge in [0.05, 0.1) is 23.6 Å². The molecule has 0 saturated carbocycles. The Morgan fingerprint density at radius 1 is 0.759 bits per heavy atom. The normalized spacial score (nSPS) is 22.5. The van der Waals surface area contributed by atoms with Crippen LogP contribution in [0.5, 0.6) is 0 Å². The minimum absolute atomic E-state index is 0.00247. The van der Waals surface area contributed by atoms with E-state index < -0.39 is 12.8 Å². The monoisotopic (exact) mass is 396 g/mol. The molecule has 29 heavy (non-hydrogen) atoms. The molecule has 0 fully saturated rings. The van der Waals surface area contributed by atoms with E-state index in [-0.39, 0.29) is 16.7 Å². The van der Waals surface area contributed by atoms with Gasteiger partial charge in [-0.25, -0.2) is 19.2 Å². The fourth-order valence-electron chi connectivity index (χ4n) is 3.83. The molecule has 2 atom stereocenters. The lowest BCUT2D eigenvalue weighted by molar-refractivity contribution is 0.561. The average Bonchev–Trinajstić information content (AvgIpc) is 3.49. The second kappa shape index (κ2) is 7.36. The summed E-state index contributed by atoms with van der Waals surface area (Å²) in [6.45, 7) is -2.63. The molecule has 1 aliphatic heterocycles. The molecule has 4 nitrogen and oxygen atoms in total. The van der Waals surface area contributed by atoms with Crippen LogP contribution in [0.3, 0.4) is 0 Å². The van der Waals surface area contributed by atoms with Crippen LogP contribution < -0.4 is 5.30 Å². The number of benzene rings is 2. The van der Waals surface area contributed by atoms with Crippen molar-refractivity contribution in [1.82, 2.24) is 0 Å². The smallest absolute Gasteiger partial charge is 0.134 e. The zero-order chi connectivity index (χ0) is 20.4. The lowest BCUT2D eigenvalue weighted by Gasteiger charge is -2.18. The van der Waals surface area contributed by atoms with E-state index >= 15 is 0 Å². The van der Waals surface area contributed by atoms with Gasteiger partial charge < -0.3 is 0 Å². The molecular formula is C24H13O4P. The highest BCUT2D eigenvalue weighted by molar-refractivity contribution is 8.00. The Kier molecular flexibility index (Phi) is 4.73. The van der Waals surface area contributed by atoms with Gasteiger partial charge in [0.1, 0.15) is 23.5 Å². The SMILES string of the molecule is O=C=C1C=CC(C2=C(c3ccccc3)P2(=C=O)c2ccccc2)C(=C=O)C1=C=O. The van der Waals surface area contributed by atoms with Crippen molar-refractivity contribution in [2.75, 3.05) is 0 Å². The van der Waals surface area contributed by atoms with E-state index in [1.807, 2.05) is 60.7 Å². The van der Waals surface area contributed by atoms with E-state index in [0.717, 1.165) is 21.5 Å². The van der Waals surface area contributed by atoms with Gasteiger partial charge in [0.2, 0.25) is 0 Å². The molecule has 2 aromatic rings. The molecule has 1 heterocycles. The molecule has 0 radical (unpaired) electrons. The second-order valence-corrected chi connectivity index (χ2v) is 9.51. The maximum Gasteiger partial charge on any atom is 0.134 e. The van der Waals surface area contributed by atoms with Crippen LogP contribution >= 0.6 is 6.89 Å². The first-order chi connectivity index (χ1) is 14.2. The van der Waals surface area contributed by atoms with Crippen molar-refractivity contribution in [3.63, 3.8) is 0 Å². The number of rotatable bonds is 3. The van der Waals surface area contributed by atoms with E-state index in [2.05, 4.69) is 5.66 Å².